The maximum Gasteiger partial charge on any atom is 0.137 e. The highest BCUT2D eigenvalue weighted by atomic mass is 32.1. The highest BCUT2D eigenvalue weighted by Gasteiger charge is 2.24. The van der Waals surface area contributed by atoms with Crippen molar-refractivity contribution < 1.29 is 9.47 Å². The third kappa shape index (κ3) is 8.90. The molecule has 2 unspecified atom stereocenters. The predicted octanol–water partition coefficient (Wildman–Crippen LogP) is 12.7. The van der Waals surface area contributed by atoms with Gasteiger partial charge in [-0.25, -0.2) is 9.97 Å². The third-order valence-corrected chi connectivity index (χ3v) is 13.9. The molecule has 0 amide bonds. The topological polar surface area (TPSA) is 123 Å². The van der Waals surface area contributed by atoms with E-state index < -0.39 is 0 Å². The standard InChI is InChI=1S/C52H52N6O2S2/c1-5-9-15-33(7-3)31-59-37-25-21-35(22-26-37)47-45-46(50(57-47)40(30-54)52-56-42-18-12-14-20-44(42)62-52)48(36-23-27-38(28-24-36)60-32-34(8-4)16-10-6-2)58-49(45)39(29-53)51-55-41-17-11-13-19-43(41)61-51/h11-14,17-28,33-34,57-58H,5-10,15-16,31-32H2,1-4H3. The molecule has 8 rings (SSSR count). The summed E-state index contributed by atoms with van der Waals surface area (Å²) in [5, 5.41) is 26.2. The lowest BCUT2D eigenvalue weighted by molar-refractivity contribution is 0.233. The zero-order chi connectivity index (χ0) is 43.0. The van der Waals surface area contributed by atoms with Gasteiger partial charge in [-0.3, -0.25) is 0 Å². The van der Waals surface area contributed by atoms with Gasteiger partial charge in [-0.15, -0.1) is 22.7 Å². The monoisotopic (exact) mass is 856 g/mol. The van der Waals surface area contributed by atoms with Crippen LogP contribution in [0.4, 0.5) is 0 Å². The molecule has 0 aliphatic heterocycles. The fourth-order valence-corrected chi connectivity index (χ4v) is 10.0. The number of H-pyrrole nitrogens is 2. The van der Waals surface area contributed by atoms with Crippen LogP contribution in [-0.2, 0) is 0 Å². The molecular formula is C52H52N6O2S2. The van der Waals surface area contributed by atoms with Crippen LogP contribution >= 0.6 is 22.7 Å². The zero-order valence-electron chi connectivity index (χ0n) is 35.9. The number of hydrogen-bond acceptors (Lipinski definition) is 8. The molecule has 4 aromatic carbocycles. The summed E-state index contributed by atoms with van der Waals surface area (Å²) in [6.45, 7) is 10.2. The molecule has 0 saturated heterocycles. The van der Waals surface area contributed by atoms with Crippen molar-refractivity contribution in [1.82, 2.24) is 19.9 Å². The number of nitrogens with one attached hydrogen (secondary N) is 2. The van der Waals surface area contributed by atoms with Crippen molar-refractivity contribution in [3.8, 4) is 46.2 Å². The molecule has 10 heteroatoms. The molecule has 0 spiro atoms. The van der Waals surface area contributed by atoms with Crippen LogP contribution < -0.4 is 20.2 Å². The lowest BCUT2D eigenvalue weighted by Gasteiger charge is -2.15. The molecule has 0 bridgehead atoms. The summed E-state index contributed by atoms with van der Waals surface area (Å²) < 4.78 is 14.7. The Balaban J connectivity index is 1.35. The first-order chi connectivity index (χ1) is 30.5. The van der Waals surface area contributed by atoms with Gasteiger partial charge in [-0.05, 0) is 109 Å². The molecule has 0 fully saturated rings. The Hall–Kier alpha value is -6.20. The molecular weight excluding hydrogens is 805 g/mol. The van der Waals surface area contributed by atoms with Gasteiger partial charge in [0, 0.05) is 10.8 Å². The van der Waals surface area contributed by atoms with Crippen molar-refractivity contribution in [2.75, 3.05) is 13.2 Å². The van der Waals surface area contributed by atoms with Crippen LogP contribution in [0.25, 0.3) is 64.9 Å². The fourth-order valence-electron chi connectivity index (χ4n) is 8.10. The Morgan fingerprint density at radius 2 is 0.984 bits per heavy atom. The lowest BCUT2D eigenvalue weighted by Crippen LogP contribution is -2.11. The van der Waals surface area contributed by atoms with Crippen LogP contribution in [0.2, 0.25) is 0 Å². The highest BCUT2D eigenvalue weighted by molar-refractivity contribution is 7.20. The molecule has 2 N–H and O–H groups in total. The minimum atomic E-state index is 0.419. The quantitative estimate of drug-likeness (QED) is 0.0886. The number of nitrogens with zero attached hydrogens (tertiary/aromatic N) is 4. The molecule has 4 heterocycles. The van der Waals surface area contributed by atoms with E-state index >= 15 is 0 Å². The number of nitriles is 2. The average Bonchev–Trinajstić information content (AvgIpc) is 4.11. The van der Waals surface area contributed by atoms with Crippen molar-refractivity contribution in [2.45, 2.75) is 79.1 Å². The average molecular weight is 857 g/mol. The van der Waals surface area contributed by atoms with E-state index in [9.17, 15) is 10.5 Å². The van der Waals surface area contributed by atoms with E-state index in [1.54, 1.807) is 0 Å². The minimum Gasteiger partial charge on any atom is -0.493 e. The van der Waals surface area contributed by atoms with Gasteiger partial charge in [0.25, 0.3) is 0 Å². The van der Waals surface area contributed by atoms with E-state index in [1.807, 2.05) is 72.8 Å². The second kappa shape index (κ2) is 19.7. The number of hydrogen-bond donors (Lipinski definition) is 2. The van der Waals surface area contributed by atoms with Crippen molar-refractivity contribution in [1.29, 1.82) is 10.5 Å². The number of ether oxygens (including phenoxy) is 2. The van der Waals surface area contributed by atoms with Crippen molar-refractivity contribution in [3.63, 3.8) is 0 Å². The smallest absolute Gasteiger partial charge is 0.137 e. The van der Waals surface area contributed by atoms with Gasteiger partial charge in [0.15, 0.2) is 0 Å². The summed E-state index contributed by atoms with van der Waals surface area (Å²) in [4.78, 5) is 17.4. The second-order valence-corrected chi connectivity index (χ2v) is 18.0. The normalized spacial score (nSPS) is 13.5. The molecule has 8 nitrogen and oxygen atoms in total. The summed E-state index contributed by atoms with van der Waals surface area (Å²) in [5.41, 5.74) is 5.83. The maximum atomic E-state index is 11.1. The number of para-hydroxylation sites is 2. The first-order valence-corrected chi connectivity index (χ1v) is 23.6. The van der Waals surface area contributed by atoms with Gasteiger partial charge in [0.05, 0.1) is 55.7 Å². The van der Waals surface area contributed by atoms with E-state index in [4.69, 9.17) is 19.4 Å². The first kappa shape index (κ1) is 42.5. The number of aromatic amines is 2. The van der Waals surface area contributed by atoms with Crippen LogP contribution in [0.1, 0.15) is 89.1 Å². The van der Waals surface area contributed by atoms with E-state index in [-0.39, 0.29) is 0 Å². The molecule has 0 radical (unpaired) electrons. The van der Waals surface area contributed by atoms with Crippen LogP contribution in [0.5, 0.6) is 11.5 Å². The zero-order valence-corrected chi connectivity index (χ0v) is 37.5. The number of aromatic nitrogens is 4. The lowest BCUT2D eigenvalue weighted by atomic mass is 10.0. The van der Waals surface area contributed by atoms with Crippen LogP contribution in [0.3, 0.4) is 0 Å². The van der Waals surface area contributed by atoms with Crippen molar-refractivity contribution in [2.24, 2.45) is 11.8 Å². The summed E-state index contributed by atoms with van der Waals surface area (Å²) in [6, 6.07) is 37.2. The van der Waals surface area contributed by atoms with Crippen LogP contribution in [0.15, 0.2) is 97.1 Å². The van der Waals surface area contributed by atoms with Gasteiger partial charge < -0.3 is 19.4 Å². The molecule has 0 aliphatic rings. The molecule has 2 atom stereocenters. The van der Waals surface area contributed by atoms with Gasteiger partial charge in [-0.2, -0.15) is 10.5 Å². The molecule has 62 heavy (non-hydrogen) atoms. The Morgan fingerprint density at radius 3 is 1.34 bits per heavy atom. The van der Waals surface area contributed by atoms with Crippen molar-refractivity contribution in [3.05, 3.63) is 118 Å². The SMILES string of the molecule is CCCCC(CC)COc1ccc(-c2[nH]c(=C(C#N)c3nc4ccccc4s3)c3c(-c4ccc(OCC(CC)CCCC)cc4)[nH]c(=C(C#N)c4nc5ccccc5s4)c23)cc1. The molecule has 4 aromatic heterocycles. The van der Waals surface area contributed by atoms with Gasteiger partial charge >= 0.3 is 0 Å². The summed E-state index contributed by atoms with van der Waals surface area (Å²) >= 11 is 2.98. The largest absolute Gasteiger partial charge is 0.493 e. The Kier molecular flexibility index (Phi) is 13.5. The maximum absolute atomic E-state index is 11.1. The molecule has 314 valence electrons. The molecule has 8 aromatic rings. The minimum absolute atomic E-state index is 0.419. The number of rotatable bonds is 18. The van der Waals surface area contributed by atoms with Crippen LogP contribution in [-0.4, -0.2) is 33.1 Å². The number of thiazole rings is 2. The molecule has 0 aliphatic carbocycles. The third-order valence-electron chi connectivity index (χ3n) is 11.8. The van der Waals surface area contributed by atoms with E-state index in [0.717, 1.165) is 90.9 Å². The summed E-state index contributed by atoms with van der Waals surface area (Å²) in [6.07, 6.45) is 9.19. The van der Waals surface area contributed by atoms with Crippen LogP contribution in [0, 0.1) is 34.5 Å². The highest BCUT2D eigenvalue weighted by Crippen LogP contribution is 2.35. The van der Waals surface area contributed by atoms with E-state index in [2.05, 4.69) is 74.1 Å². The van der Waals surface area contributed by atoms with E-state index in [0.29, 0.717) is 56.9 Å². The summed E-state index contributed by atoms with van der Waals surface area (Å²) in [5.74, 6) is 2.62. The fraction of sp³-hybridized carbons (Fsp3) is 0.308. The first-order valence-electron chi connectivity index (χ1n) is 22.0. The number of unbranched alkanes of at least 4 members (excludes halogenated alkanes) is 2. The van der Waals surface area contributed by atoms with Gasteiger partial charge in [-0.1, -0.05) is 90.5 Å². The second-order valence-electron chi connectivity index (χ2n) is 16.0. The Labute approximate surface area is 371 Å². The Bertz CT molecular complexity index is 2740. The molecule has 0 saturated carbocycles. The van der Waals surface area contributed by atoms with Gasteiger partial charge in [0.1, 0.15) is 44.8 Å². The predicted molar refractivity (Wildman–Crippen MR) is 256 cm³/mol. The summed E-state index contributed by atoms with van der Waals surface area (Å²) in [7, 11) is 0. The van der Waals surface area contributed by atoms with Crippen molar-refractivity contribution >= 4 is 65.0 Å². The number of benzene rings is 4. The number of fused-ring (bicyclic) bond motifs is 3. The Morgan fingerprint density at radius 1 is 0.581 bits per heavy atom. The van der Waals surface area contributed by atoms with Gasteiger partial charge in [0.2, 0.25) is 0 Å². The van der Waals surface area contributed by atoms with E-state index in [1.165, 1.54) is 48.4 Å².